The zero-order valence-electron chi connectivity index (χ0n) is 8.22. The van der Waals surface area contributed by atoms with E-state index < -0.39 is 0 Å². The molecule has 1 aliphatic heterocycles. The van der Waals surface area contributed by atoms with Crippen LogP contribution in [0.25, 0.3) is 0 Å². The number of ether oxygens (including phenoxy) is 1. The third kappa shape index (κ3) is 1.69. The Bertz CT molecular complexity index is 350. The molecule has 1 heterocycles. The highest BCUT2D eigenvalue weighted by atomic mass is 79.9. The van der Waals surface area contributed by atoms with Crippen LogP contribution in [-0.2, 0) is 4.74 Å². The normalized spacial score (nSPS) is 21.4. The first kappa shape index (κ1) is 10.1. The summed E-state index contributed by atoms with van der Waals surface area (Å²) in [7, 11) is 2.08. The van der Waals surface area contributed by atoms with Crippen LogP contribution in [0, 0.1) is 0 Å². The van der Waals surface area contributed by atoms with Gasteiger partial charge in [0.2, 0.25) is 0 Å². The van der Waals surface area contributed by atoms with Crippen LogP contribution < -0.4 is 11.2 Å². The van der Waals surface area contributed by atoms with E-state index in [0.29, 0.717) is 0 Å². The maximum absolute atomic E-state index is 5.97. The summed E-state index contributed by atoms with van der Waals surface area (Å²) in [6.07, 6.45) is 2.42. The van der Waals surface area contributed by atoms with Crippen molar-refractivity contribution in [1.82, 2.24) is 0 Å². The molecule has 0 saturated carbocycles. The molecule has 1 unspecified atom stereocenters. The van der Waals surface area contributed by atoms with E-state index in [-0.39, 0.29) is 6.10 Å². The Labute approximate surface area is 93.4 Å². The van der Waals surface area contributed by atoms with E-state index in [1.54, 1.807) is 0 Å². The van der Waals surface area contributed by atoms with Gasteiger partial charge in [-0.05, 0) is 30.5 Å². The van der Waals surface area contributed by atoms with Gasteiger partial charge in [-0.15, -0.1) is 0 Å². The van der Waals surface area contributed by atoms with Gasteiger partial charge in [0, 0.05) is 16.8 Å². The molecule has 2 nitrogen and oxygen atoms in total. The summed E-state index contributed by atoms with van der Waals surface area (Å²) in [5, 5.41) is 0. The molecule has 0 bridgehead atoms. The summed E-state index contributed by atoms with van der Waals surface area (Å²) < 4.78 is 6.76. The lowest BCUT2D eigenvalue weighted by Crippen LogP contribution is -2.18. The first-order chi connectivity index (χ1) is 6.70. The minimum Gasteiger partial charge on any atom is -0.398 e. The molecule has 0 aromatic heterocycles. The number of halogens is 1. The number of hydrogen-bond donors (Lipinski definition) is 1. The number of rotatable bonds is 1. The van der Waals surface area contributed by atoms with Gasteiger partial charge in [0.1, 0.15) is 7.85 Å². The van der Waals surface area contributed by atoms with Gasteiger partial charge in [0.25, 0.3) is 0 Å². The van der Waals surface area contributed by atoms with Crippen LogP contribution in [0.4, 0.5) is 5.69 Å². The van der Waals surface area contributed by atoms with Gasteiger partial charge >= 0.3 is 0 Å². The molecule has 0 spiro atoms. The fourth-order valence-corrected chi connectivity index (χ4v) is 2.30. The maximum Gasteiger partial charge on any atom is 0.141 e. The lowest BCUT2D eigenvalue weighted by Gasteiger charge is -2.16. The van der Waals surface area contributed by atoms with Crippen molar-refractivity contribution in [3.8, 4) is 0 Å². The van der Waals surface area contributed by atoms with Crippen LogP contribution in [0.1, 0.15) is 24.5 Å². The van der Waals surface area contributed by atoms with Crippen molar-refractivity contribution in [2.45, 2.75) is 18.9 Å². The summed E-state index contributed by atoms with van der Waals surface area (Å²) in [6, 6.07) is 3.93. The Kier molecular flexibility index (Phi) is 2.84. The molecule has 2 N–H and O–H groups in total. The Morgan fingerprint density at radius 3 is 2.93 bits per heavy atom. The van der Waals surface area contributed by atoms with E-state index in [4.69, 9.17) is 10.5 Å². The summed E-state index contributed by atoms with van der Waals surface area (Å²) >= 11 is 3.52. The number of anilines is 1. The average Bonchev–Trinajstić information content (AvgIpc) is 2.65. The van der Waals surface area contributed by atoms with Crippen molar-refractivity contribution in [2.24, 2.45) is 0 Å². The van der Waals surface area contributed by atoms with E-state index in [1.165, 1.54) is 5.46 Å². The molecule has 74 valence electrons. The zero-order chi connectivity index (χ0) is 10.1. The largest absolute Gasteiger partial charge is 0.398 e. The van der Waals surface area contributed by atoms with Gasteiger partial charge < -0.3 is 10.5 Å². The van der Waals surface area contributed by atoms with Crippen molar-refractivity contribution in [3.63, 3.8) is 0 Å². The van der Waals surface area contributed by atoms with Crippen molar-refractivity contribution < 1.29 is 4.74 Å². The van der Waals surface area contributed by atoms with Gasteiger partial charge in [-0.2, -0.15) is 0 Å². The second-order valence-electron chi connectivity index (χ2n) is 3.68. The van der Waals surface area contributed by atoms with E-state index in [9.17, 15) is 0 Å². The second kappa shape index (κ2) is 3.95. The van der Waals surface area contributed by atoms with Crippen LogP contribution in [0.3, 0.4) is 0 Å². The quantitative estimate of drug-likeness (QED) is 0.602. The van der Waals surface area contributed by atoms with Crippen LogP contribution >= 0.6 is 15.9 Å². The van der Waals surface area contributed by atoms with Gasteiger partial charge in [-0.25, -0.2) is 0 Å². The number of benzene rings is 1. The molecule has 1 fully saturated rings. The molecule has 0 radical (unpaired) electrons. The highest BCUT2D eigenvalue weighted by Crippen LogP contribution is 2.31. The lowest BCUT2D eigenvalue weighted by molar-refractivity contribution is 0.113. The van der Waals surface area contributed by atoms with Crippen molar-refractivity contribution in [1.29, 1.82) is 0 Å². The molecule has 0 aliphatic carbocycles. The monoisotopic (exact) mass is 253 g/mol. The molecule has 2 rings (SSSR count). The van der Waals surface area contributed by atoms with Crippen LogP contribution in [-0.4, -0.2) is 14.5 Å². The minimum absolute atomic E-state index is 0.201. The van der Waals surface area contributed by atoms with E-state index in [2.05, 4.69) is 23.8 Å². The molecule has 14 heavy (non-hydrogen) atoms. The third-order valence-corrected chi connectivity index (χ3v) is 3.59. The summed E-state index contributed by atoms with van der Waals surface area (Å²) in [5.74, 6) is 0. The van der Waals surface area contributed by atoms with E-state index >= 15 is 0 Å². The molecule has 1 saturated heterocycles. The Hall–Kier alpha value is -0.475. The molecule has 1 aromatic rings. The van der Waals surface area contributed by atoms with Gasteiger partial charge in [0.15, 0.2) is 0 Å². The van der Waals surface area contributed by atoms with Crippen molar-refractivity contribution in [2.75, 3.05) is 12.3 Å². The summed E-state index contributed by atoms with van der Waals surface area (Å²) in [6.45, 7) is 0.857. The highest BCUT2D eigenvalue weighted by Gasteiger charge is 2.22. The van der Waals surface area contributed by atoms with Crippen LogP contribution in [0.15, 0.2) is 16.6 Å². The molecule has 4 heteroatoms. The molecule has 1 aromatic carbocycles. The lowest BCUT2D eigenvalue weighted by atomic mass is 9.86. The van der Waals surface area contributed by atoms with E-state index in [1.807, 2.05) is 12.1 Å². The molecule has 0 amide bonds. The number of nitrogens with two attached hydrogens (primary N) is 1. The molecule has 1 atom stereocenters. The predicted molar refractivity (Wildman–Crippen MR) is 64.7 cm³/mol. The van der Waals surface area contributed by atoms with Crippen molar-refractivity contribution >= 4 is 34.9 Å². The summed E-state index contributed by atoms with van der Waals surface area (Å²) in [4.78, 5) is 0. The Morgan fingerprint density at radius 1 is 1.50 bits per heavy atom. The van der Waals surface area contributed by atoms with E-state index in [0.717, 1.165) is 35.2 Å². The van der Waals surface area contributed by atoms with Gasteiger partial charge in [-0.3, -0.25) is 0 Å². The van der Waals surface area contributed by atoms with Gasteiger partial charge in [0.05, 0.1) is 6.10 Å². The Balaban J connectivity index is 2.44. The highest BCUT2D eigenvalue weighted by molar-refractivity contribution is 9.10. The molecule has 1 aliphatic rings. The Morgan fingerprint density at radius 2 is 2.29 bits per heavy atom. The first-order valence-electron chi connectivity index (χ1n) is 4.86. The maximum atomic E-state index is 5.97. The fraction of sp³-hybridized carbons (Fsp3) is 0.400. The smallest absolute Gasteiger partial charge is 0.141 e. The average molecular weight is 254 g/mol. The second-order valence-corrected chi connectivity index (χ2v) is 4.53. The predicted octanol–water partition coefficient (Wildman–Crippen LogP) is 1.14. The van der Waals surface area contributed by atoms with Crippen LogP contribution in [0.2, 0.25) is 0 Å². The minimum atomic E-state index is 0.201. The molecular formula is C10H13BBrNO. The number of hydrogen-bond acceptors (Lipinski definition) is 2. The first-order valence-corrected chi connectivity index (χ1v) is 5.65. The number of nitrogen functional groups attached to an aromatic ring is 1. The topological polar surface area (TPSA) is 35.2 Å². The van der Waals surface area contributed by atoms with Crippen LogP contribution in [0.5, 0.6) is 0 Å². The standard InChI is InChI=1S/C10H13BBrNO/c11-10-6(12)3-4-7(13)9(10)8-2-1-5-14-8/h3-4,8H,1-2,5,11,13H2. The SMILES string of the molecule is Bc1c(Br)ccc(N)c1C1CCCO1. The van der Waals surface area contributed by atoms with Gasteiger partial charge in [-0.1, -0.05) is 21.4 Å². The zero-order valence-corrected chi connectivity index (χ0v) is 9.80. The third-order valence-electron chi connectivity index (χ3n) is 2.73. The molecular weight excluding hydrogens is 241 g/mol. The van der Waals surface area contributed by atoms with Crippen molar-refractivity contribution in [3.05, 3.63) is 22.2 Å². The summed E-state index contributed by atoms with van der Waals surface area (Å²) in [5.41, 5.74) is 9.18. The fourth-order valence-electron chi connectivity index (χ4n) is 1.96.